The second-order valence-electron chi connectivity index (χ2n) is 6.50. The van der Waals surface area contributed by atoms with Crippen LogP contribution < -0.4 is 9.47 Å². The lowest BCUT2D eigenvalue weighted by atomic mass is 10.1. The van der Waals surface area contributed by atoms with E-state index < -0.39 is 0 Å². The topological polar surface area (TPSA) is 75.0 Å². The van der Waals surface area contributed by atoms with Crippen molar-refractivity contribution in [3.8, 4) is 11.5 Å². The van der Waals surface area contributed by atoms with Crippen LogP contribution in [0.1, 0.15) is 37.8 Å². The van der Waals surface area contributed by atoms with Crippen molar-refractivity contribution >= 4 is 17.8 Å². The van der Waals surface area contributed by atoms with Gasteiger partial charge in [-0.3, -0.25) is 4.79 Å². The molecule has 0 aliphatic heterocycles. The number of esters is 1. The average Bonchev–Trinajstić information content (AvgIpc) is 3.22. The monoisotopic (exact) mass is 406 g/mol. The molecular formula is C24H22O6. The van der Waals surface area contributed by atoms with E-state index in [1.807, 2.05) is 6.07 Å². The largest absolute Gasteiger partial charge is 0.493 e. The number of carbonyl (C=O) groups is 2. The van der Waals surface area contributed by atoms with Gasteiger partial charge in [0.15, 0.2) is 17.3 Å². The fourth-order valence-corrected chi connectivity index (χ4v) is 2.74. The summed E-state index contributed by atoms with van der Waals surface area (Å²) in [6.07, 6.45) is 3.15. The Morgan fingerprint density at radius 3 is 2.37 bits per heavy atom. The Morgan fingerprint density at radius 1 is 0.967 bits per heavy atom. The third kappa shape index (κ3) is 5.17. The van der Waals surface area contributed by atoms with Gasteiger partial charge in [0.05, 0.1) is 19.8 Å². The predicted molar refractivity (Wildman–Crippen MR) is 112 cm³/mol. The van der Waals surface area contributed by atoms with E-state index in [1.165, 1.54) is 13.2 Å². The van der Waals surface area contributed by atoms with Gasteiger partial charge in [0.1, 0.15) is 12.4 Å². The van der Waals surface area contributed by atoms with Gasteiger partial charge in [-0.15, -0.1) is 0 Å². The number of ketones is 1. The predicted octanol–water partition coefficient (Wildman–Crippen LogP) is 4.86. The van der Waals surface area contributed by atoms with Crippen molar-refractivity contribution in [2.24, 2.45) is 0 Å². The van der Waals surface area contributed by atoms with Gasteiger partial charge in [-0.1, -0.05) is 24.3 Å². The number of methoxy groups -OCH3 is 2. The number of hydrogen-bond donors (Lipinski definition) is 0. The van der Waals surface area contributed by atoms with Crippen molar-refractivity contribution in [2.45, 2.75) is 13.5 Å². The standard InChI is InChI=1S/C24H22O6/c1-16-4-12-21(30-16)20(25)11-7-17-8-13-22(23(14-17)27-2)29-15-18-5-9-19(10-6-18)24(26)28-3/h4-14H,15H2,1-3H3/b11-7+. The highest BCUT2D eigenvalue weighted by molar-refractivity contribution is 6.04. The van der Waals surface area contributed by atoms with E-state index in [4.69, 9.17) is 13.9 Å². The quantitative estimate of drug-likeness (QED) is 0.302. The van der Waals surface area contributed by atoms with Crippen LogP contribution in [0.5, 0.6) is 11.5 Å². The van der Waals surface area contributed by atoms with Crippen molar-refractivity contribution in [1.29, 1.82) is 0 Å². The van der Waals surface area contributed by atoms with E-state index in [2.05, 4.69) is 4.74 Å². The first-order valence-corrected chi connectivity index (χ1v) is 9.27. The zero-order valence-electron chi connectivity index (χ0n) is 17.0. The van der Waals surface area contributed by atoms with Gasteiger partial charge in [-0.05, 0) is 60.5 Å². The number of hydrogen-bond acceptors (Lipinski definition) is 6. The highest BCUT2D eigenvalue weighted by Crippen LogP contribution is 2.29. The number of benzene rings is 2. The zero-order valence-corrected chi connectivity index (χ0v) is 17.0. The number of aryl methyl sites for hydroxylation is 1. The molecule has 0 N–H and O–H groups in total. The molecule has 6 heteroatoms. The van der Waals surface area contributed by atoms with Crippen LogP contribution in [-0.4, -0.2) is 26.0 Å². The molecule has 0 atom stereocenters. The van der Waals surface area contributed by atoms with Crippen LogP contribution in [0.25, 0.3) is 6.08 Å². The van der Waals surface area contributed by atoms with Crippen LogP contribution in [0.4, 0.5) is 0 Å². The van der Waals surface area contributed by atoms with Gasteiger partial charge in [0, 0.05) is 0 Å². The fraction of sp³-hybridized carbons (Fsp3) is 0.167. The lowest BCUT2D eigenvalue weighted by Gasteiger charge is -2.11. The Hall–Kier alpha value is -3.80. The summed E-state index contributed by atoms with van der Waals surface area (Å²) in [6.45, 7) is 2.10. The third-order valence-electron chi connectivity index (χ3n) is 4.37. The van der Waals surface area contributed by atoms with Crippen LogP contribution in [-0.2, 0) is 11.3 Å². The number of ether oxygens (including phenoxy) is 3. The van der Waals surface area contributed by atoms with Crippen molar-refractivity contribution in [3.05, 3.63) is 88.9 Å². The number of rotatable bonds is 8. The van der Waals surface area contributed by atoms with Crippen LogP contribution >= 0.6 is 0 Å². The number of allylic oxidation sites excluding steroid dienone is 1. The van der Waals surface area contributed by atoms with E-state index in [-0.39, 0.29) is 11.8 Å². The van der Waals surface area contributed by atoms with Crippen LogP contribution in [0.2, 0.25) is 0 Å². The van der Waals surface area contributed by atoms with Gasteiger partial charge >= 0.3 is 5.97 Å². The maximum absolute atomic E-state index is 12.1. The summed E-state index contributed by atoms with van der Waals surface area (Å²) >= 11 is 0. The summed E-state index contributed by atoms with van der Waals surface area (Å²) in [7, 11) is 2.90. The van der Waals surface area contributed by atoms with Crippen LogP contribution in [0, 0.1) is 6.92 Å². The smallest absolute Gasteiger partial charge is 0.337 e. The van der Waals surface area contributed by atoms with Gasteiger partial charge in [0.25, 0.3) is 0 Å². The first-order chi connectivity index (χ1) is 14.5. The fourth-order valence-electron chi connectivity index (χ4n) is 2.74. The minimum Gasteiger partial charge on any atom is -0.493 e. The molecule has 0 saturated heterocycles. The molecule has 0 amide bonds. The summed E-state index contributed by atoms with van der Waals surface area (Å²) in [6, 6.07) is 15.8. The number of furan rings is 1. The summed E-state index contributed by atoms with van der Waals surface area (Å²) in [5.74, 6) is 1.51. The molecule has 2 aromatic carbocycles. The van der Waals surface area contributed by atoms with E-state index in [0.29, 0.717) is 35.2 Å². The minimum atomic E-state index is -0.381. The molecular weight excluding hydrogens is 384 g/mol. The maximum Gasteiger partial charge on any atom is 0.337 e. The molecule has 0 saturated carbocycles. The van der Waals surface area contributed by atoms with E-state index in [9.17, 15) is 9.59 Å². The third-order valence-corrected chi connectivity index (χ3v) is 4.37. The summed E-state index contributed by atoms with van der Waals surface area (Å²) in [4.78, 5) is 23.6. The Kier molecular flexibility index (Phi) is 6.70. The van der Waals surface area contributed by atoms with Gasteiger partial charge in [-0.2, -0.15) is 0 Å². The molecule has 6 nitrogen and oxygen atoms in total. The molecule has 0 spiro atoms. The molecule has 1 aromatic heterocycles. The molecule has 30 heavy (non-hydrogen) atoms. The maximum atomic E-state index is 12.1. The molecule has 1 heterocycles. The lowest BCUT2D eigenvalue weighted by molar-refractivity contribution is 0.0600. The summed E-state index contributed by atoms with van der Waals surface area (Å²) < 4.78 is 21.3. The lowest BCUT2D eigenvalue weighted by Crippen LogP contribution is -2.02. The van der Waals surface area contributed by atoms with E-state index >= 15 is 0 Å². The van der Waals surface area contributed by atoms with Gasteiger partial charge in [0.2, 0.25) is 5.78 Å². The highest BCUT2D eigenvalue weighted by Gasteiger charge is 2.09. The number of carbonyl (C=O) groups excluding carboxylic acids is 2. The summed E-state index contributed by atoms with van der Waals surface area (Å²) in [5, 5.41) is 0. The van der Waals surface area contributed by atoms with Crippen LogP contribution in [0.3, 0.4) is 0 Å². The molecule has 0 aliphatic carbocycles. The molecule has 3 rings (SSSR count). The first kappa shape index (κ1) is 20.9. The molecule has 0 unspecified atom stereocenters. The molecule has 0 aliphatic rings. The highest BCUT2D eigenvalue weighted by atomic mass is 16.5. The van der Waals surface area contributed by atoms with Gasteiger partial charge in [-0.25, -0.2) is 4.79 Å². The van der Waals surface area contributed by atoms with Crippen molar-refractivity contribution in [2.75, 3.05) is 14.2 Å². The molecule has 3 aromatic rings. The van der Waals surface area contributed by atoms with Crippen molar-refractivity contribution < 1.29 is 28.2 Å². The van der Waals surface area contributed by atoms with E-state index in [1.54, 1.807) is 68.6 Å². The second-order valence-corrected chi connectivity index (χ2v) is 6.50. The summed E-state index contributed by atoms with van der Waals surface area (Å²) in [5.41, 5.74) is 2.17. The Morgan fingerprint density at radius 2 is 1.73 bits per heavy atom. The Balaban J connectivity index is 1.66. The van der Waals surface area contributed by atoms with Crippen molar-refractivity contribution in [1.82, 2.24) is 0 Å². The first-order valence-electron chi connectivity index (χ1n) is 9.27. The normalized spacial score (nSPS) is 10.8. The Bertz CT molecular complexity index is 1060. The van der Waals surface area contributed by atoms with Gasteiger partial charge < -0.3 is 18.6 Å². The molecule has 0 bridgehead atoms. The van der Waals surface area contributed by atoms with Crippen molar-refractivity contribution in [3.63, 3.8) is 0 Å². The molecule has 154 valence electrons. The van der Waals surface area contributed by atoms with Crippen LogP contribution in [0.15, 0.2) is 65.1 Å². The average molecular weight is 406 g/mol. The molecule has 0 radical (unpaired) electrons. The minimum absolute atomic E-state index is 0.210. The molecule has 0 fully saturated rings. The second kappa shape index (κ2) is 9.60. The van der Waals surface area contributed by atoms with E-state index in [0.717, 1.165) is 11.1 Å². The SMILES string of the molecule is COC(=O)c1ccc(COc2ccc(/C=C/C(=O)c3ccc(C)o3)cc2OC)cc1. The Labute approximate surface area is 174 Å². The zero-order chi connectivity index (χ0) is 21.5.